The highest BCUT2D eigenvalue weighted by atomic mass is 15.2. The number of likely N-dealkylation sites (N-methyl/N-ethyl adjacent to an activating group) is 1. The minimum absolute atomic E-state index is 0.358. The second kappa shape index (κ2) is 4.33. The van der Waals surface area contributed by atoms with Crippen LogP contribution in [0.25, 0.3) is 0 Å². The van der Waals surface area contributed by atoms with Crippen LogP contribution in [-0.2, 0) is 0 Å². The van der Waals surface area contributed by atoms with E-state index in [1.165, 1.54) is 5.69 Å². The fourth-order valence-corrected chi connectivity index (χ4v) is 1.90. The Hall–Kier alpha value is -0.870. The predicted molar refractivity (Wildman–Crippen MR) is 60.9 cm³/mol. The molecule has 1 aliphatic rings. The maximum atomic E-state index is 4.45. The van der Waals surface area contributed by atoms with Crippen molar-refractivity contribution in [2.45, 2.75) is 25.8 Å². The van der Waals surface area contributed by atoms with Crippen molar-refractivity contribution >= 4 is 0 Å². The minimum Gasteiger partial charge on any atom is -0.344 e. The summed E-state index contributed by atoms with van der Waals surface area (Å²) in [5.74, 6) is 1.60. The number of nitrogens with one attached hydrogen (secondary N) is 2. The molecule has 4 heteroatoms. The second-order valence-corrected chi connectivity index (χ2v) is 4.65. The summed E-state index contributed by atoms with van der Waals surface area (Å²) in [6, 6.07) is 0.358. The van der Waals surface area contributed by atoms with Gasteiger partial charge in [0.2, 0.25) is 0 Å². The summed E-state index contributed by atoms with van der Waals surface area (Å²) < 4.78 is 0. The van der Waals surface area contributed by atoms with Gasteiger partial charge in [-0.05, 0) is 13.0 Å². The van der Waals surface area contributed by atoms with E-state index in [1.807, 2.05) is 6.20 Å². The Kier molecular flexibility index (Phi) is 3.07. The van der Waals surface area contributed by atoms with E-state index < -0.39 is 0 Å². The lowest BCUT2D eigenvalue weighted by Gasteiger charge is -2.29. The van der Waals surface area contributed by atoms with Gasteiger partial charge in [0.25, 0.3) is 0 Å². The van der Waals surface area contributed by atoms with Gasteiger partial charge in [-0.15, -0.1) is 0 Å². The molecule has 2 heterocycles. The number of aromatic amines is 1. The molecule has 1 unspecified atom stereocenters. The highest BCUT2D eigenvalue weighted by molar-refractivity contribution is 5.09. The van der Waals surface area contributed by atoms with Gasteiger partial charge < -0.3 is 15.2 Å². The Morgan fingerprint density at radius 3 is 2.93 bits per heavy atom. The van der Waals surface area contributed by atoms with Gasteiger partial charge >= 0.3 is 0 Å². The molecule has 0 spiro atoms. The summed E-state index contributed by atoms with van der Waals surface area (Å²) in [6.45, 7) is 7.55. The average molecular weight is 208 g/mol. The Bertz CT molecular complexity index is 318. The first-order valence-corrected chi connectivity index (χ1v) is 5.63. The molecule has 4 nitrogen and oxygen atoms in total. The van der Waals surface area contributed by atoms with Gasteiger partial charge in [-0.2, -0.15) is 0 Å². The van der Waals surface area contributed by atoms with Crippen molar-refractivity contribution in [3.05, 3.63) is 17.7 Å². The maximum absolute atomic E-state index is 4.45. The van der Waals surface area contributed by atoms with Crippen molar-refractivity contribution in [2.75, 3.05) is 26.7 Å². The van der Waals surface area contributed by atoms with Crippen molar-refractivity contribution in [2.24, 2.45) is 0 Å². The van der Waals surface area contributed by atoms with Crippen molar-refractivity contribution < 1.29 is 0 Å². The quantitative estimate of drug-likeness (QED) is 0.765. The monoisotopic (exact) mass is 208 g/mol. The Morgan fingerprint density at radius 1 is 1.53 bits per heavy atom. The van der Waals surface area contributed by atoms with Crippen LogP contribution >= 0.6 is 0 Å². The van der Waals surface area contributed by atoms with Crippen molar-refractivity contribution in [1.82, 2.24) is 20.2 Å². The topological polar surface area (TPSA) is 44.0 Å². The van der Waals surface area contributed by atoms with Crippen LogP contribution in [0.4, 0.5) is 0 Å². The zero-order valence-corrected chi connectivity index (χ0v) is 9.75. The first kappa shape index (κ1) is 10.6. The highest BCUT2D eigenvalue weighted by Gasteiger charge is 2.20. The highest BCUT2D eigenvalue weighted by Crippen LogP contribution is 2.17. The molecule has 2 rings (SSSR count). The van der Waals surface area contributed by atoms with E-state index in [-0.39, 0.29) is 0 Å². The summed E-state index contributed by atoms with van der Waals surface area (Å²) in [5, 5.41) is 3.48. The normalized spacial score (nSPS) is 23.6. The molecule has 1 saturated heterocycles. The summed E-state index contributed by atoms with van der Waals surface area (Å²) in [7, 11) is 2.15. The van der Waals surface area contributed by atoms with Gasteiger partial charge in [0, 0.05) is 31.5 Å². The summed E-state index contributed by atoms with van der Waals surface area (Å²) >= 11 is 0. The van der Waals surface area contributed by atoms with Crippen LogP contribution in [0, 0.1) is 0 Å². The number of imidazole rings is 1. The smallest absolute Gasteiger partial charge is 0.124 e. The Balaban J connectivity index is 2.08. The van der Waals surface area contributed by atoms with E-state index in [0.717, 1.165) is 25.5 Å². The molecule has 0 aliphatic carbocycles. The fraction of sp³-hybridized carbons (Fsp3) is 0.727. The average Bonchev–Trinajstić information content (AvgIpc) is 2.66. The number of nitrogens with zero attached hydrogens (tertiary/aromatic N) is 2. The zero-order chi connectivity index (χ0) is 10.8. The zero-order valence-electron chi connectivity index (χ0n) is 9.75. The van der Waals surface area contributed by atoms with E-state index in [0.29, 0.717) is 12.0 Å². The molecule has 1 aliphatic heterocycles. The summed E-state index contributed by atoms with van der Waals surface area (Å²) in [5.41, 5.74) is 1.22. The molecule has 2 N–H and O–H groups in total. The number of rotatable bonds is 2. The standard InChI is InChI=1S/C11H20N4/c1-8(2)9-6-13-11(14-9)10-7-15(3)5-4-12-10/h6,8,10,12H,4-5,7H2,1-3H3,(H,13,14). The van der Waals surface area contributed by atoms with E-state index >= 15 is 0 Å². The van der Waals surface area contributed by atoms with Crippen molar-refractivity contribution in [1.29, 1.82) is 0 Å². The van der Waals surface area contributed by atoms with Crippen LogP contribution in [0.3, 0.4) is 0 Å². The molecule has 84 valence electrons. The molecule has 0 amide bonds. The lowest BCUT2D eigenvalue weighted by atomic mass is 10.1. The summed E-state index contributed by atoms with van der Waals surface area (Å²) in [6.07, 6.45) is 1.95. The van der Waals surface area contributed by atoms with Crippen LogP contribution in [-0.4, -0.2) is 41.5 Å². The molecule has 0 aromatic carbocycles. The van der Waals surface area contributed by atoms with Crippen LogP contribution < -0.4 is 5.32 Å². The fourth-order valence-electron chi connectivity index (χ4n) is 1.90. The number of H-pyrrole nitrogens is 1. The van der Waals surface area contributed by atoms with Gasteiger partial charge in [-0.3, -0.25) is 0 Å². The summed E-state index contributed by atoms with van der Waals surface area (Å²) in [4.78, 5) is 10.2. The predicted octanol–water partition coefficient (Wildman–Crippen LogP) is 1.11. The third-order valence-electron chi connectivity index (χ3n) is 2.95. The molecule has 1 fully saturated rings. The molecule has 1 aromatic rings. The SMILES string of the molecule is CC(C)c1cnc(C2CN(C)CCN2)[nH]1. The minimum atomic E-state index is 0.358. The van der Waals surface area contributed by atoms with Gasteiger partial charge in [-0.25, -0.2) is 4.98 Å². The molecular formula is C11H20N4. The first-order valence-electron chi connectivity index (χ1n) is 5.63. The number of aromatic nitrogens is 2. The largest absolute Gasteiger partial charge is 0.344 e. The molecule has 15 heavy (non-hydrogen) atoms. The molecule has 1 atom stereocenters. The molecule has 0 radical (unpaired) electrons. The molecular weight excluding hydrogens is 188 g/mol. The Labute approximate surface area is 91.1 Å². The van der Waals surface area contributed by atoms with E-state index in [1.54, 1.807) is 0 Å². The van der Waals surface area contributed by atoms with Crippen LogP contribution in [0.5, 0.6) is 0 Å². The van der Waals surface area contributed by atoms with Crippen LogP contribution in [0.1, 0.15) is 37.3 Å². The van der Waals surface area contributed by atoms with Crippen molar-refractivity contribution in [3.8, 4) is 0 Å². The van der Waals surface area contributed by atoms with E-state index in [4.69, 9.17) is 0 Å². The van der Waals surface area contributed by atoms with Crippen LogP contribution in [0.2, 0.25) is 0 Å². The van der Waals surface area contributed by atoms with Gasteiger partial charge in [0.05, 0.1) is 6.04 Å². The lowest BCUT2D eigenvalue weighted by molar-refractivity contribution is 0.236. The third kappa shape index (κ3) is 2.38. The van der Waals surface area contributed by atoms with Gasteiger partial charge in [-0.1, -0.05) is 13.8 Å². The van der Waals surface area contributed by atoms with Gasteiger partial charge in [0.1, 0.15) is 5.82 Å². The molecule has 0 saturated carbocycles. The van der Waals surface area contributed by atoms with Crippen molar-refractivity contribution in [3.63, 3.8) is 0 Å². The maximum Gasteiger partial charge on any atom is 0.124 e. The lowest BCUT2D eigenvalue weighted by Crippen LogP contribution is -2.44. The molecule has 0 bridgehead atoms. The second-order valence-electron chi connectivity index (χ2n) is 4.65. The van der Waals surface area contributed by atoms with E-state index in [9.17, 15) is 0 Å². The number of piperazine rings is 1. The van der Waals surface area contributed by atoms with Crippen LogP contribution in [0.15, 0.2) is 6.20 Å². The number of hydrogen-bond acceptors (Lipinski definition) is 3. The Morgan fingerprint density at radius 2 is 2.33 bits per heavy atom. The number of hydrogen-bond donors (Lipinski definition) is 2. The molecule has 1 aromatic heterocycles. The van der Waals surface area contributed by atoms with Gasteiger partial charge in [0.15, 0.2) is 0 Å². The first-order chi connectivity index (χ1) is 7.16. The third-order valence-corrected chi connectivity index (χ3v) is 2.95. The van der Waals surface area contributed by atoms with E-state index in [2.05, 4.69) is 41.1 Å².